The maximum Gasteiger partial charge on any atom is 0.459 e. The summed E-state index contributed by atoms with van der Waals surface area (Å²) >= 11 is 0. The Morgan fingerprint density at radius 1 is 1.07 bits per heavy atom. The first-order valence-corrected chi connectivity index (χ1v) is 15.5. The molecule has 15 heteroatoms. The first-order chi connectivity index (χ1) is 20.7. The van der Waals surface area contributed by atoms with Gasteiger partial charge in [-0.05, 0) is 65.0 Å². The lowest BCUT2D eigenvalue weighted by Gasteiger charge is -2.26. The van der Waals surface area contributed by atoms with E-state index in [9.17, 15) is 22.5 Å². The smallest absolute Gasteiger partial charge is 0.459 e. The number of carbonyl (C=O) groups is 1. The highest BCUT2D eigenvalue weighted by atomic mass is 31.2. The number of hydrogen-bond acceptors (Lipinski definition) is 9. The summed E-state index contributed by atoms with van der Waals surface area (Å²) in [6.07, 6.45) is -5.88. The Balaban J connectivity index is 1.69. The molecule has 0 amide bonds. The average molecular weight is 638 g/mol. The molecule has 0 spiro atoms. The number of nitrogens with two attached hydrogens (primary N) is 1. The molecule has 2 aromatic heterocycles. The summed E-state index contributed by atoms with van der Waals surface area (Å²) < 4.78 is 77.7. The third-order valence-corrected chi connectivity index (χ3v) is 8.14. The van der Waals surface area contributed by atoms with Crippen molar-refractivity contribution in [2.24, 2.45) is 0 Å². The van der Waals surface area contributed by atoms with Gasteiger partial charge in [-0.15, -0.1) is 0 Å². The Kier molecular flexibility index (Phi) is 10.2. The topological polar surface area (TPSA) is 140 Å². The van der Waals surface area contributed by atoms with Crippen LogP contribution in [0.1, 0.15) is 46.0 Å². The molecule has 2 aromatic carbocycles. The maximum atomic E-state index is 14.1. The first-order valence-electron chi connectivity index (χ1n) is 14.0. The van der Waals surface area contributed by atoms with Gasteiger partial charge in [-0.3, -0.25) is 9.32 Å². The molecule has 0 unspecified atom stereocenters. The van der Waals surface area contributed by atoms with E-state index in [0.717, 1.165) is 29.7 Å². The standard InChI is InChI=1S/C29H35F3N5O6P/c1-6-40-16-24-35-25-26(22-9-7-8-10-23(22)34-27(25)33)37(24)15-18(4)42-44(39,36-19(5)28(38)41-17(2)3)43-21-13-11-20(12-14-21)29(30,31)32/h7-14,17-19H,6,15-16H2,1-5H3,(H2,33,34)(H,36,39)/t18-,19+,44-/m1/s1. The van der Waals surface area contributed by atoms with Gasteiger partial charge >= 0.3 is 19.9 Å². The molecule has 11 nitrogen and oxygen atoms in total. The number of pyridine rings is 1. The van der Waals surface area contributed by atoms with Crippen molar-refractivity contribution in [1.29, 1.82) is 0 Å². The van der Waals surface area contributed by atoms with E-state index < -0.39 is 43.7 Å². The third kappa shape index (κ3) is 7.86. The molecule has 4 rings (SSSR count). The predicted molar refractivity (Wildman–Crippen MR) is 159 cm³/mol. The molecule has 44 heavy (non-hydrogen) atoms. The van der Waals surface area contributed by atoms with E-state index in [4.69, 9.17) is 24.3 Å². The maximum absolute atomic E-state index is 14.1. The number of esters is 1. The molecule has 0 saturated heterocycles. The Morgan fingerprint density at radius 3 is 2.39 bits per heavy atom. The first kappa shape index (κ1) is 33.2. The Morgan fingerprint density at radius 2 is 1.75 bits per heavy atom. The highest BCUT2D eigenvalue weighted by Gasteiger charge is 2.36. The summed E-state index contributed by atoms with van der Waals surface area (Å²) in [6, 6.07) is 9.86. The van der Waals surface area contributed by atoms with Crippen LogP contribution >= 0.6 is 7.75 Å². The number of imidazole rings is 1. The van der Waals surface area contributed by atoms with Gasteiger partial charge < -0.3 is 24.3 Å². The van der Waals surface area contributed by atoms with Crippen molar-refractivity contribution >= 4 is 41.5 Å². The minimum Gasteiger partial charge on any atom is -0.462 e. The van der Waals surface area contributed by atoms with Crippen molar-refractivity contribution < 1.29 is 41.1 Å². The molecule has 0 aliphatic carbocycles. The third-order valence-electron chi connectivity index (χ3n) is 6.35. The highest BCUT2D eigenvalue weighted by Crippen LogP contribution is 2.47. The molecule has 0 radical (unpaired) electrons. The van der Waals surface area contributed by atoms with Crippen molar-refractivity contribution in [3.05, 3.63) is 59.9 Å². The summed E-state index contributed by atoms with van der Waals surface area (Å²) in [5.41, 5.74) is 7.11. The largest absolute Gasteiger partial charge is 0.462 e. The molecule has 0 bridgehead atoms. The molecule has 0 aliphatic heterocycles. The fraction of sp³-hybridized carbons (Fsp3) is 0.414. The van der Waals surface area contributed by atoms with Gasteiger partial charge in [0.1, 0.15) is 29.7 Å². The minimum atomic E-state index is -4.57. The Bertz CT molecular complexity index is 1660. The zero-order chi connectivity index (χ0) is 32.2. The van der Waals surface area contributed by atoms with Crippen LogP contribution in [-0.4, -0.2) is 45.4 Å². The van der Waals surface area contributed by atoms with Gasteiger partial charge in [0, 0.05) is 12.0 Å². The molecular formula is C29H35F3N5O6P. The van der Waals surface area contributed by atoms with Gasteiger partial charge in [0.05, 0.1) is 35.3 Å². The summed E-state index contributed by atoms with van der Waals surface area (Å²) in [4.78, 5) is 21.7. The fourth-order valence-electron chi connectivity index (χ4n) is 4.48. The Hall–Kier alpha value is -3.71. The number of anilines is 1. The summed E-state index contributed by atoms with van der Waals surface area (Å²) in [7, 11) is -4.41. The number of halogens is 3. The number of hydrogen-bond donors (Lipinski definition) is 2. The van der Waals surface area contributed by atoms with E-state index in [1.54, 1.807) is 20.8 Å². The monoisotopic (exact) mass is 637 g/mol. The number of benzene rings is 2. The van der Waals surface area contributed by atoms with E-state index >= 15 is 0 Å². The second-order valence-electron chi connectivity index (χ2n) is 10.4. The molecular weight excluding hydrogens is 602 g/mol. The quantitative estimate of drug-likeness (QED) is 0.128. The number of carbonyl (C=O) groups excluding carboxylic acids is 1. The predicted octanol–water partition coefficient (Wildman–Crippen LogP) is 6.24. The highest BCUT2D eigenvalue weighted by molar-refractivity contribution is 7.52. The molecule has 4 aromatic rings. The van der Waals surface area contributed by atoms with E-state index in [1.165, 1.54) is 6.92 Å². The van der Waals surface area contributed by atoms with Crippen LogP contribution in [0.5, 0.6) is 5.75 Å². The normalized spacial score (nSPS) is 14.9. The van der Waals surface area contributed by atoms with Gasteiger partial charge in [-0.2, -0.15) is 18.3 Å². The van der Waals surface area contributed by atoms with Crippen LogP contribution in [0.3, 0.4) is 0 Å². The molecule has 0 fully saturated rings. The molecule has 2 heterocycles. The van der Waals surface area contributed by atoms with E-state index in [2.05, 4.69) is 15.1 Å². The van der Waals surface area contributed by atoms with Crippen molar-refractivity contribution in [2.75, 3.05) is 12.3 Å². The molecule has 3 N–H and O–H groups in total. The second-order valence-corrected chi connectivity index (χ2v) is 12.0. The van der Waals surface area contributed by atoms with Crippen LogP contribution in [0.15, 0.2) is 48.5 Å². The van der Waals surface area contributed by atoms with Gasteiger partial charge in [-0.25, -0.2) is 14.5 Å². The van der Waals surface area contributed by atoms with E-state index in [1.807, 2.05) is 35.8 Å². The summed E-state index contributed by atoms with van der Waals surface area (Å²) in [5.74, 6) is -0.149. The van der Waals surface area contributed by atoms with Crippen molar-refractivity contribution in [3.63, 3.8) is 0 Å². The van der Waals surface area contributed by atoms with Crippen LogP contribution in [0.25, 0.3) is 21.9 Å². The number of nitrogens with one attached hydrogen (secondary N) is 1. The van der Waals surface area contributed by atoms with Crippen LogP contribution in [0, 0.1) is 0 Å². The van der Waals surface area contributed by atoms with Crippen molar-refractivity contribution in [3.8, 4) is 5.75 Å². The van der Waals surface area contributed by atoms with Crippen LogP contribution in [0.2, 0.25) is 0 Å². The average Bonchev–Trinajstić information content (AvgIpc) is 3.29. The molecule has 238 valence electrons. The molecule has 3 atom stereocenters. The van der Waals surface area contributed by atoms with Crippen molar-refractivity contribution in [2.45, 2.75) is 72.2 Å². The van der Waals surface area contributed by atoms with E-state index in [-0.39, 0.29) is 24.7 Å². The number of rotatable bonds is 13. The number of alkyl halides is 3. The lowest BCUT2D eigenvalue weighted by atomic mass is 10.2. The number of ether oxygens (including phenoxy) is 2. The van der Waals surface area contributed by atoms with Gasteiger partial charge in [0.2, 0.25) is 0 Å². The number of para-hydroxylation sites is 1. The lowest BCUT2D eigenvalue weighted by Crippen LogP contribution is -2.37. The van der Waals surface area contributed by atoms with E-state index in [0.29, 0.717) is 29.0 Å². The van der Waals surface area contributed by atoms with Crippen LogP contribution in [-0.2, 0) is 42.7 Å². The van der Waals surface area contributed by atoms with Crippen LogP contribution in [0.4, 0.5) is 19.0 Å². The van der Waals surface area contributed by atoms with Crippen molar-refractivity contribution in [1.82, 2.24) is 19.6 Å². The van der Waals surface area contributed by atoms with Gasteiger partial charge in [0.15, 0.2) is 5.82 Å². The minimum absolute atomic E-state index is 0.0826. The van der Waals surface area contributed by atoms with Gasteiger partial charge in [-0.1, -0.05) is 18.2 Å². The van der Waals surface area contributed by atoms with Gasteiger partial charge in [0.25, 0.3) is 0 Å². The number of nitrogens with zero attached hydrogens (tertiary/aromatic N) is 3. The fourth-order valence-corrected chi connectivity index (χ4v) is 6.15. The second kappa shape index (κ2) is 13.5. The summed E-state index contributed by atoms with van der Waals surface area (Å²) in [6.45, 7) is 8.84. The number of nitrogen functional groups attached to an aromatic ring is 1. The summed E-state index contributed by atoms with van der Waals surface area (Å²) in [5, 5.41) is 3.33. The SMILES string of the molecule is CCOCc1nc2c(N)nc3ccccc3c2n1C[C@@H](C)O[P@](=O)(N[C@@H](C)C(=O)OC(C)C)Oc1ccc(C(F)(F)F)cc1. The Labute approximate surface area is 252 Å². The molecule has 0 aliphatic rings. The number of fused-ring (bicyclic) bond motifs is 3. The zero-order valence-corrected chi connectivity index (χ0v) is 25.8. The zero-order valence-electron chi connectivity index (χ0n) is 24.9. The number of aromatic nitrogens is 3. The lowest BCUT2D eigenvalue weighted by molar-refractivity contribution is -0.149. The molecule has 0 saturated carbocycles. The van der Waals surface area contributed by atoms with Crippen LogP contribution < -0.4 is 15.3 Å².